The lowest BCUT2D eigenvalue weighted by atomic mass is 9.43. The van der Waals surface area contributed by atoms with E-state index in [0.717, 1.165) is 42.1 Å². The van der Waals surface area contributed by atoms with Gasteiger partial charge in [-0.3, -0.25) is 9.59 Å². The third-order valence-electron chi connectivity index (χ3n) is 8.62. The number of aliphatic carboxylic acids is 1. The van der Waals surface area contributed by atoms with Gasteiger partial charge in [0.1, 0.15) is 5.78 Å². The first kappa shape index (κ1) is 23.4. The second kappa shape index (κ2) is 8.03. The lowest BCUT2D eigenvalue weighted by Gasteiger charge is -2.60. The minimum atomic E-state index is -0.970. The summed E-state index contributed by atoms with van der Waals surface area (Å²) in [7, 11) is 0. The van der Waals surface area contributed by atoms with E-state index in [2.05, 4.69) is 27.7 Å². The van der Waals surface area contributed by atoms with Crippen molar-refractivity contribution in [2.75, 3.05) is 0 Å². The molecule has 0 aromatic heterocycles. The third-order valence-corrected chi connectivity index (χ3v) is 8.62. The highest BCUT2D eigenvalue weighted by molar-refractivity contribution is 6.01. The molecule has 3 aliphatic rings. The molecule has 0 bridgehead atoms. The molecule has 3 aliphatic carbocycles. The van der Waals surface area contributed by atoms with Crippen molar-refractivity contribution in [3.63, 3.8) is 0 Å². The van der Waals surface area contributed by atoms with E-state index >= 15 is 0 Å². The molecule has 1 N–H and O–H groups in total. The van der Waals surface area contributed by atoms with Gasteiger partial charge in [-0.25, -0.2) is 4.79 Å². The Bertz CT molecular complexity index is 929. The summed E-state index contributed by atoms with van der Waals surface area (Å²) in [6.45, 7) is 12.7. The van der Waals surface area contributed by atoms with E-state index in [9.17, 15) is 14.4 Å². The first-order valence-corrected chi connectivity index (χ1v) is 11.4. The van der Waals surface area contributed by atoms with Crippen molar-refractivity contribution in [2.45, 2.75) is 73.6 Å². The fourth-order valence-corrected chi connectivity index (χ4v) is 7.07. The molecule has 0 amide bonds. The van der Waals surface area contributed by atoms with Gasteiger partial charge in [0.15, 0.2) is 5.78 Å². The van der Waals surface area contributed by atoms with Crippen molar-refractivity contribution in [3.8, 4) is 0 Å². The van der Waals surface area contributed by atoms with Gasteiger partial charge in [-0.05, 0) is 55.9 Å². The fourth-order valence-electron chi connectivity index (χ4n) is 7.07. The summed E-state index contributed by atoms with van der Waals surface area (Å²) in [6.07, 6.45) is 12.4. The quantitative estimate of drug-likeness (QED) is 0.454. The highest BCUT2D eigenvalue weighted by Gasteiger charge is 2.64. The molecule has 0 heterocycles. The van der Waals surface area contributed by atoms with E-state index in [0.29, 0.717) is 24.5 Å². The number of carboxylic acids is 1. The number of carboxylic acid groups (broad SMARTS) is 1. The molecule has 0 aliphatic heterocycles. The molecule has 31 heavy (non-hydrogen) atoms. The van der Waals surface area contributed by atoms with Crippen LogP contribution in [0.4, 0.5) is 0 Å². The number of carbonyl (C=O) groups is 3. The van der Waals surface area contributed by atoms with Crippen molar-refractivity contribution >= 4 is 17.5 Å². The number of allylic oxidation sites excluding steroid dienone is 7. The Hall–Kier alpha value is -2.23. The molecular formula is C27H36O4. The van der Waals surface area contributed by atoms with Gasteiger partial charge in [0.2, 0.25) is 0 Å². The Kier molecular flexibility index (Phi) is 6.07. The van der Waals surface area contributed by atoms with Crippen molar-refractivity contribution in [1.29, 1.82) is 0 Å². The van der Waals surface area contributed by atoms with Crippen LogP contribution in [0.3, 0.4) is 0 Å². The van der Waals surface area contributed by atoms with Crippen LogP contribution in [-0.4, -0.2) is 22.6 Å². The number of carbonyl (C=O) groups excluding carboxylic acids is 2. The highest BCUT2D eigenvalue weighted by Crippen LogP contribution is 2.68. The number of rotatable bonds is 4. The molecular weight excluding hydrogens is 388 g/mol. The minimum Gasteiger partial charge on any atom is -0.478 e. The average Bonchev–Trinajstić information content (AvgIpc) is 2.95. The number of ketones is 2. The maximum absolute atomic E-state index is 13.3. The van der Waals surface area contributed by atoms with Gasteiger partial charge in [-0.1, -0.05) is 57.6 Å². The summed E-state index contributed by atoms with van der Waals surface area (Å²) in [4.78, 5) is 36.6. The van der Waals surface area contributed by atoms with Crippen molar-refractivity contribution < 1.29 is 19.5 Å². The summed E-state index contributed by atoms with van der Waals surface area (Å²) >= 11 is 0. The third kappa shape index (κ3) is 3.90. The minimum absolute atomic E-state index is 0.00390. The van der Waals surface area contributed by atoms with Crippen LogP contribution in [0.15, 0.2) is 47.1 Å². The number of Topliss-reactive ketones (excluding diaryl/α,β-unsaturated/α-hetero) is 2. The van der Waals surface area contributed by atoms with E-state index in [4.69, 9.17) is 5.11 Å². The predicted octanol–water partition coefficient (Wildman–Crippen LogP) is 5.85. The molecule has 4 atom stereocenters. The summed E-state index contributed by atoms with van der Waals surface area (Å²) in [6, 6.07) is 0. The first-order chi connectivity index (χ1) is 14.3. The van der Waals surface area contributed by atoms with Crippen LogP contribution in [0.1, 0.15) is 73.6 Å². The van der Waals surface area contributed by atoms with Crippen molar-refractivity contribution in [1.82, 2.24) is 0 Å². The van der Waals surface area contributed by atoms with Crippen LogP contribution in [0.25, 0.3) is 0 Å². The summed E-state index contributed by atoms with van der Waals surface area (Å²) in [5.74, 6) is 0.249. The lowest BCUT2D eigenvalue weighted by Crippen LogP contribution is -2.56. The summed E-state index contributed by atoms with van der Waals surface area (Å²) in [5.41, 5.74) is 2.31. The second-order valence-electron chi connectivity index (χ2n) is 10.8. The Morgan fingerprint density at radius 2 is 1.68 bits per heavy atom. The molecule has 4 nitrogen and oxygen atoms in total. The van der Waals surface area contributed by atoms with E-state index < -0.39 is 5.97 Å². The van der Waals surface area contributed by atoms with Crippen LogP contribution < -0.4 is 0 Å². The molecule has 0 saturated heterocycles. The van der Waals surface area contributed by atoms with E-state index in [-0.39, 0.29) is 27.9 Å². The summed E-state index contributed by atoms with van der Waals surface area (Å²) in [5, 5.41) is 8.74. The molecule has 0 aromatic rings. The van der Waals surface area contributed by atoms with E-state index in [1.807, 2.05) is 32.1 Å². The fraction of sp³-hybridized carbons (Fsp3) is 0.593. The van der Waals surface area contributed by atoms with E-state index in [1.165, 1.54) is 0 Å². The normalized spacial score (nSPS) is 37.3. The second-order valence-corrected chi connectivity index (χ2v) is 10.8. The number of hydrogen-bond acceptors (Lipinski definition) is 3. The molecule has 0 unspecified atom stereocenters. The van der Waals surface area contributed by atoms with Gasteiger partial charge in [0.25, 0.3) is 0 Å². The standard InChI is InChI=1S/C27H36O4/c1-17(10-11-23(30)31)8-7-9-18(2)24-19(28)16-21-26(5)15-13-22(29)25(3,4)20(26)12-14-27(21,24)6/h7-11,20-21H,12-16H2,1-6H3,(H,30,31)/b9-7+,11-10+,17-8+,24-18+/t20-,21-,26-,27-/m0/s1. The van der Waals surface area contributed by atoms with Crippen LogP contribution >= 0.6 is 0 Å². The zero-order valence-corrected chi connectivity index (χ0v) is 19.7. The zero-order chi connectivity index (χ0) is 23.2. The summed E-state index contributed by atoms with van der Waals surface area (Å²) < 4.78 is 0. The Labute approximate surface area is 186 Å². The largest absolute Gasteiger partial charge is 0.478 e. The molecule has 3 saturated carbocycles. The molecule has 4 heteroatoms. The van der Waals surface area contributed by atoms with Gasteiger partial charge in [-0.15, -0.1) is 0 Å². The Balaban J connectivity index is 1.93. The highest BCUT2D eigenvalue weighted by atomic mass is 16.4. The topological polar surface area (TPSA) is 71.4 Å². The lowest BCUT2D eigenvalue weighted by molar-refractivity contribution is -0.154. The van der Waals surface area contributed by atoms with Crippen LogP contribution in [0.2, 0.25) is 0 Å². The van der Waals surface area contributed by atoms with E-state index in [1.54, 1.807) is 6.08 Å². The predicted molar refractivity (Wildman–Crippen MR) is 122 cm³/mol. The van der Waals surface area contributed by atoms with Gasteiger partial charge in [0, 0.05) is 35.3 Å². The monoisotopic (exact) mass is 424 g/mol. The maximum atomic E-state index is 13.3. The molecule has 168 valence electrons. The van der Waals surface area contributed by atoms with Crippen LogP contribution in [-0.2, 0) is 14.4 Å². The maximum Gasteiger partial charge on any atom is 0.328 e. The zero-order valence-electron chi connectivity index (χ0n) is 19.7. The Morgan fingerprint density at radius 1 is 1.00 bits per heavy atom. The van der Waals surface area contributed by atoms with Crippen molar-refractivity contribution in [2.24, 2.45) is 28.1 Å². The molecule has 0 aromatic carbocycles. The molecule has 0 radical (unpaired) electrons. The van der Waals surface area contributed by atoms with Gasteiger partial charge >= 0.3 is 5.97 Å². The van der Waals surface area contributed by atoms with Gasteiger partial charge in [0.05, 0.1) is 0 Å². The molecule has 3 rings (SSSR count). The smallest absolute Gasteiger partial charge is 0.328 e. The van der Waals surface area contributed by atoms with Gasteiger partial charge < -0.3 is 5.11 Å². The molecule has 0 spiro atoms. The average molecular weight is 425 g/mol. The van der Waals surface area contributed by atoms with Crippen LogP contribution in [0, 0.1) is 28.1 Å². The Morgan fingerprint density at radius 3 is 2.32 bits per heavy atom. The molecule has 3 fully saturated rings. The van der Waals surface area contributed by atoms with Crippen molar-refractivity contribution in [3.05, 3.63) is 47.1 Å². The van der Waals surface area contributed by atoms with Crippen LogP contribution in [0.5, 0.6) is 0 Å². The number of hydrogen-bond donors (Lipinski definition) is 1. The number of fused-ring (bicyclic) bond motifs is 3. The SMILES string of the molecule is CC(/C=C/C=C(C)/C=C/C(=O)O)=C1/C(=O)C[C@H]2[C@@]3(C)CCC(=O)C(C)(C)[C@@H]3CC[C@]12C. The van der Waals surface area contributed by atoms with Gasteiger partial charge in [-0.2, -0.15) is 0 Å². The first-order valence-electron chi connectivity index (χ1n) is 11.4.